The Morgan fingerprint density at radius 1 is 1.29 bits per heavy atom. The van der Waals surface area contributed by atoms with Crippen molar-refractivity contribution in [2.24, 2.45) is 5.73 Å². The Balaban J connectivity index is 2.22. The molecule has 0 unspecified atom stereocenters. The van der Waals surface area contributed by atoms with E-state index in [4.69, 9.17) is 5.73 Å². The summed E-state index contributed by atoms with van der Waals surface area (Å²) >= 11 is 0. The van der Waals surface area contributed by atoms with E-state index in [-0.39, 0.29) is 0 Å². The minimum Gasteiger partial charge on any atom is -0.330 e. The van der Waals surface area contributed by atoms with Gasteiger partial charge in [-0.25, -0.2) is 4.98 Å². The predicted octanol–water partition coefficient (Wildman–Crippen LogP) is 1.93. The molecule has 1 heterocycles. The maximum atomic E-state index is 5.56. The van der Waals surface area contributed by atoms with Gasteiger partial charge in [0.1, 0.15) is 5.82 Å². The van der Waals surface area contributed by atoms with Crippen molar-refractivity contribution >= 4 is 0 Å². The molecule has 4 nitrogen and oxygen atoms in total. The van der Waals surface area contributed by atoms with Crippen molar-refractivity contribution in [1.82, 2.24) is 15.2 Å². The molecule has 90 valence electrons. The van der Waals surface area contributed by atoms with Gasteiger partial charge in [0.15, 0.2) is 5.82 Å². The Labute approximate surface area is 101 Å². The zero-order chi connectivity index (χ0) is 12.1. The first-order valence-electron chi connectivity index (χ1n) is 6.04. The number of nitrogens with zero attached hydrogens (tertiary/aromatic N) is 2. The first kappa shape index (κ1) is 11.8. The Morgan fingerprint density at radius 2 is 2.18 bits per heavy atom. The van der Waals surface area contributed by atoms with Gasteiger partial charge < -0.3 is 5.73 Å². The van der Waals surface area contributed by atoms with Crippen LogP contribution in [0.1, 0.15) is 24.7 Å². The fourth-order valence-electron chi connectivity index (χ4n) is 1.81. The highest BCUT2D eigenvalue weighted by Gasteiger charge is 2.05. The fraction of sp³-hybridized carbons (Fsp3) is 0.385. The molecule has 1 aromatic heterocycles. The van der Waals surface area contributed by atoms with Gasteiger partial charge >= 0.3 is 0 Å². The molecule has 0 spiro atoms. The van der Waals surface area contributed by atoms with Crippen LogP contribution in [0.2, 0.25) is 0 Å². The van der Waals surface area contributed by atoms with Crippen LogP contribution in [0, 0.1) is 0 Å². The summed E-state index contributed by atoms with van der Waals surface area (Å²) in [5.74, 6) is 1.72. The molecule has 2 rings (SSSR count). The average molecular weight is 230 g/mol. The van der Waals surface area contributed by atoms with E-state index in [1.165, 1.54) is 5.56 Å². The molecule has 0 bridgehead atoms. The predicted molar refractivity (Wildman–Crippen MR) is 68.6 cm³/mol. The number of nitrogens with two attached hydrogens (primary N) is 1. The summed E-state index contributed by atoms with van der Waals surface area (Å²) in [6, 6.07) is 8.23. The van der Waals surface area contributed by atoms with Crippen molar-refractivity contribution in [3.05, 3.63) is 35.7 Å². The van der Waals surface area contributed by atoms with Crippen molar-refractivity contribution in [2.45, 2.75) is 26.2 Å². The topological polar surface area (TPSA) is 67.6 Å². The summed E-state index contributed by atoms with van der Waals surface area (Å²) < 4.78 is 0. The smallest absolute Gasteiger partial charge is 0.181 e. The Morgan fingerprint density at radius 3 is 2.94 bits per heavy atom. The number of rotatable bonds is 5. The number of aromatic nitrogens is 3. The highest BCUT2D eigenvalue weighted by molar-refractivity contribution is 5.55. The van der Waals surface area contributed by atoms with Crippen molar-refractivity contribution in [2.75, 3.05) is 6.54 Å². The maximum absolute atomic E-state index is 5.56. The molecular weight excluding hydrogens is 212 g/mol. The van der Waals surface area contributed by atoms with E-state index < -0.39 is 0 Å². The molecule has 0 radical (unpaired) electrons. The van der Waals surface area contributed by atoms with Gasteiger partial charge in [0.2, 0.25) is 0 Å². The molecule has 0 saturated heterocycles. The summed E-state index contributed by atoms with van der Waals surface area (Å²) in [5, 5.41) is 7.21. The second kappa shape index (κ2) is 5.59. The second-order valence-electron chi connectivity index (χ2n) is 4.09. The van der Waals surface area contributed by atoms with Gasteiger partial charge in [-0.05, 0) is 31.0 Å². The number of nitrogens with one attached hydrogen (secondary N) is 1. The molecule has 0 saturated carbocycles. The van der Waals surface area contributed by atoms with E-state index in [9.17, 15) is 0 Å². The molecule has 0 aliphatic rings. The highest BCUT2D eigenvalue weighted by Crippen LogP contribution is 2.16. The third kappa shape index (κ3) is 2.91. The summed E-state index contributed by atoms with van der Waals surface area (Å²) in [6.07, 6.45) is 2.90. The lowest BCUT2D eigenvalue weighted by atomic mass is 10.1. The maximum Gasteiger partial charge on any atom is 0.181 e. The fourth-order valence-corrected chi connectivity index (χ4v) is 1.81. The van der Waals surface area contributed by atoms with Crippen molar-refractivity contribution in [3.63, 3.8) is 0 Å². The van der Waals surface area contributed by atoms with Crippen LogP contribution in [-0.4, -0.2) is 21.7 Å². The number of H-pyrrole nitrogens is 1. The van der Waals surface area contributed by atoms with E-state index in [1.54, 1.807) is 0 Å². The van der Waals surface area contributed by atoms with Gasteiger partial charge in [-0.15, -0.1) is 0 Å². The lowest BCUT2D eigenvalue weighted by molar-refractivity contribution is 0.841. The van der Waals surface area contributed by atoms with Crippen LogP contribution in [0.15, 0.2) is 24.3 Å². The molecule has 4 heteroatoms. The van der Waals surface area contributed by atoms with Crippen LogP contribution in [-0.2, 0) is 12.8 Å². The summed E-state index contributed by atoms with van der Waals surface area (Å²) in [4.78, 5) is 4.47. The molecule has 0 aliphatic heterocycles. The van der Waals surface area contributed by atoms with Gasteiger partial charge in [0.05, 0.1) is 0 Å². The van der Waals surface area contributed by atoms with Crippen LogP contribution in [0.4, 0.5) is 0 Å². The van der Waals surface area contributed by atoms with E-state index in [1.807, 2.05) is 12.1 Å². The van der Waals surface area contributed by atoms with E-state index >= 15 is 0 Å². The second-order valence-corrected chi connectivity index (χ2v) is 4.09. The molecule has 3 N–H and O–H groups in total. The molecule has 0 fully saturated rings. The Hall–Kier alpha value is -1.68. The third-order valence-corrected chi connectivity index (χ3v) is 2.64. The Bertz CT molecular complexity index is 476. The first-order chi connectivity index (χ1) is 8.33. The third-order valence-electron chi connectivity index (χ3n) is 2.64. The number of hydrogen-bond acceptors (Lipinski definition) is 3. The summed E-state index contributed by atoms with van der Waals surface area (Å²) in [7, 11) is 0. The molecule has 1 aromatic carbocycles. The average Bonchev–Trinajstić information content (AvgIpc) is 2.79. The monoisotopic (exact) mass is 230 g/mol. The molecule has 0 amide bonds. The van der Waals surface area contributed by atoms with Crippen molar-refractivity contribution in [3.8, 4) is 11.4 Å². The molecular formula is C13H18N4. The molecule has 17 heavy (non-hydrogen) atoms. The normalized spacial score (nSPS) is 10.7. The van der Waals surface area contributed by atoms with Crippen molar-refractivity contribution < 1.29 is 0 Å². The lowest BCUT2D eigenvalue weighted by Gasteiger charge is -2.00. The zero-order valence-corrected chi connectivity index (χ0v) is 10.1. The highest BCUT2D eigenvalue weighted by atomic mass is 15.2. The lowest BCUT2D eigenvalue weighted by Crippen LogP contribution is -2.02. The minimum atomic E-state index is 0.665. The molecule has 0 atom stereocenters. The van der Waals surface area contributed by atoms with Crippen LogP contribution in [0.25, 0.3) is 11.4 Å². The van der Waals surface area contributed by atoms with Gasteiger partial charge in [-0.3, -0.25) is 5.10 Å². The SMILES string of the molecule is CCCc1nc(-c2cccc(CCN)c2)n[nH]1. The van der Waals surface area contributed by atoms with Crippen molar-refractivity contribution in [1.29, 1.82) is 0 Å². The van der Waals surface area contributed by atoms with Crippen LogP contribution >= 0.6 is 0 Å². The van der Waals surface area contributed by atoms with E-state index in [2.05, 4.69) is 34.2 Å². The van der Waals surface area contributed by atoms with Crippen LogP contribution < -0.4 is 5.73 Å². The van der Waals surface area contributed by atoms with Crippen LogP contribution in [0.5, 0.6) is 0 Å². The number of benzene rings is 1. The van der Waals surface area contributed by atoms with Gasteiger partial charge in [0.25, 0.3) is 0 Å². The van der Waals surface area contributed by atoms with E-state index in [0.717, 1.165) is 36.5 Å². The largest absolute Gasteiger partial charge is 0.330 e. The minimum absolute atomic E-state index is 0.665. The first-order valence-corrected chi connectivity index (χ1v) is 6.04. The molecule has 0 aliphatic carbocycles. The Kier molecular flexibility index (Phi) is 3.88. The number of aryl methyl sites for hydroxylation is 1. The van der Waals surface area contributed by atoms with Crippen LogP contribution in [0.3, 0.4) is 0 Å². The van der Waals surface area contributed by atoms with E-state index in [0.29, 0.717) is 6.54 Å². The summed E-state index contributed by atoms with van der Waals surface area (Å²) in [6.45, 7) is 2.79. The standard InChI is InChI=1S/C13H18N4/c1-2-4-12-15-13(17-16-12)11-6-3-5-10(9-11)7-8-14/h3,5-6,9H,2,4,7-8,14H2,1H3,(H,15,16,17). The number of hydrogen-bond donors (Lipinski definition) is 2. The quantitative estimate of drug-likeness (QED) is 0.824. The number of aromatic amines is 1. The van der Waals surface area contributed by atoms with Gasteiger partial charge in [-0.1, -0.05) is 25.1 Å². The molecule has 2 aromatic rings. The van der Waals surface area contributed by atoms with Gasteiger partial charge in [-0.2, -0.15) is 5.10 Å². The zero-order valence-electron chi connectivity index (χ0n) is 10.1. The van der Waals surface area contributed by atoms with Gasteiger partial charge in [0, 0.05) is 12.0 Å². The summed E-state index contributed by atoms with van der Waals surface area (Å²) in [5.41, 5.74) is 7.83.